The van der Waals surface area contributed by atoms with Gasteiger partial charge in [-0.3, -0.25) is 9.59 Å². The average Bonchev–Trinajstić information content (AvgIpc) is 2.95. The van der Waals surface area contributed by atoms with Gasteiger partial charge in [0.05, 0.1) is 23.9 Å². The van der Waals surface area contributed by atoms with Crippen LogP contribution in [0.25, 0.3) is 10.8 Å². The highest BCUT2D eigenvalue weighted by Gasteiger charge is 2.35. The predicted molar refractivity (Wildman–Crippen MR) is 104 cm³/mol. The molecule has 27 heavy (non-hydrogen) atoms. The van der Waals surface area contributed by atoms with E-state index in [2.05, 4.69) is 5.10 Å². The maximum Gasteiger partial charge on any atom is 0.282 e. The van der Waals surface area contributed by atoms with Crippen LogP contribution in [0.1, 0.15) is 39.6 Å². The van der Waals surface area contributed by atoms with Crippen molar-refractivity contribution in [1.29, 1.82) is 0 Å². The lowest BCUT2D eigenvalue weighted by Crippen LogP contribution is -2.24. The molecule has 1 heterocycles. The van der Waals surface area contributed by atoms with E-state index in [4.69, 9.17) is 4.74 Å². The van der Waals surface area contributed by atoms with Crippen molar-refractivity contribution in [2.45, 2.75) is 13.3 Å². The zero-order chi connectivity index (χ0) is 18.8. The van der Waals surface area contributed by atoms with E-state index in [1.165, 1.54) is 6.21 Å². The van der Waals surface area contributed by atoms with Crippen LogP contribution >= 0.6 is 0 Å². The Balaban J connectivity index is 1.75. The number of benzene rings is 3. The van der Waals surface area contributed by atoms with Crippen molar-refractivity contribution in [3.05, 3.63) is 77.4 Å². The molecule has 0 bridgehead atoms. The van der Waals surface area contributed by atoms with Gasteiger partial charge in [0.25, 0.3) is 11.8 Å². The Morgan fingerprint density at radius 3 is 2.30 bits per heavy atom. The van der Waals surface area contributed by atoms with Crippen LogP contribution in [0, 0.1) is 0 Å². The zero-order valence-corrected chi connectivity index (χ0v) is 14.9. The van der Waals surface area contributed by atoms with E-state index < -0.39 is 11.8 Å². The second-order valence-electron chi connectivity index (χ2n) is 6.26. The number of fused-ring (bicyclic) bond motifs is 2. The number of rotatable bonds is 5. The van der Waals surface area contributed by atoms with Crippen molar-refractivity contribution < 1.29 is 14.3 Å². The fraction of sp³-hybridized carbons (Fsp3) is 0.136. The molecule has 0 saturated carbocycles. The minimum Gasteiger partial charge on any atom is -0.493 e. The van der Waals surface area contributed by atoms with Gasteiger partial charge in [0.15, 0.2) is 0 Å². The first kappa shape index (κ1) is 17.0. The van der Waals surface area contributed by atoms with E-state index in [1.807, 2.05) is 43.3 Å². The summed E-state index contributed by atoms with van der Waals surface area (Å²) in [6.45, 7) is 2.61. The molecule has 0 aliphatic carbocycles. The Hall–Kier alpha value is -3.47. The Morgan fingerprint density at radius 1 is 0.926 bits per heavy atom. The van der Waals surface area contributed by atoms with Crippen molar-refractivity contribution in [3.8, 4) is 5.75 Å². The molecule has 0 unspecified atom stereocenters. The summed E-state index contributed by atoms with van der Waals surface area (Å²) in [5, 5.41) is 7.11. The first-order valence-corrected chi connectivity index (χ1v) is 8.87. The number of imide groups is 1. The molecule has 0 radical (unpaired) electrons. The van der Waals surface area contributed by atoms with Gasteiger partial charge in [-0.05, 0) is 35.4 Å². The Bertz CT molecular complexity index is 1040. The molecule has 1 aliphatic heterocycles. The molecule has 0 atom stereocenters. The predicted octanol–water partition coefficient (Wildman–Crippen LogP) is 4.26. The molecular formula is C22H18N2O3. The lowest BCUT2D eigenvalue weighted by Gasteiger charge is -2.12. The van der Waals surface area contributed by atoms with Gasteiger partial charge < -0.3 is 4.74 Å². The van der Waals surface area contributed by atoms with E-state index in [0.717, 1.165) is 27.8 Å². The van der Waals surface area contributed by atoms with Crippen molar-refractivity contribution >= 4 is 28.8 Å². The number of nitrogens with zero attached hydrogens (tertiary/aromatic N) is 2. The number of hydrogen-bond donors (Lipinski definition) is 0. The van der Waals surface area contributed by atoms with Crippen LogP contribution in [0.5, 0.6) is 5.75 Å². The molecule has 4 rings (SSSR count). The molecule has 2 amide bonds. The summed E-state index contributed by atoms with van der Waals surface area (Å²) in [6, 6.07) is 18.5. The van der Waals surface area contributed by atoms with Crippen molar-refractivity contribution in [3.63, 3.8) is 0 Å². The molecule has 0 aromatic heterocycles. The summed E-state index contributed by atoms with van der Waals surface area (Å²) in [6.07, 6.45) is 2.41. The maximum absolute atomic E-state index is 12.5. The minimum absolute atomic E-state index is 0.375. The first-order chi connectivity index (χ1) is 13.2. The van der Waals surface area contributed by atoms with Crippen molar-refractivity contribution in [2.24, 2.45) is 5.10 Å². The standard InChI is InChI=1S/C22H18N2O3/c1-2-13-27-20-12-11-15-7-3-4-8-16(15)19(20)14-23-24-21(25)17-9-5-6-10-18(17)22(24)26/h3-12,14H,2,13H2,1H3/b23-14-. The lowest BCUT2D eigenvalue weighted by atomic mass is 10.0. The van der Waals surface area contributed by atoms with Crippen LogP contribution in [-0.4, -0.2) is 29.6 Å². The van der Waals surface area contributed by atoms with E-state index in [0.29, 0.717) is 23.5 Å². The summed E-state index contributed by atoms with van der Waals surface area (Å²) in [5.41, 5.74) is 1.50. The van der Waals surface area contributed by atoms with Gasteiger partial charge in [-0.25, -0.2) is 0 Å². The largest absolute Gasteiger partial charge is 0.493 e. The van der Waals surface area contributed by atoms with Crippen LogP contribution in [0.15, 0.2) is 65.8 Å². The fourth-order valence-corrected chi connectivity index (χ4v) is 3.14. The number of hydrazone groups is 1. The van der Waals surface area contributed by atoms with E-state index in [-0.39, 0.29) is 0 Å². The summed E-state index contributed by atoms with van der Waals surface area (Å²) < 4.78 is 5.85. The monoisotopic (exact) mass is 358 g/mol. The maximum atomic E-state index is 12.5. The van der Waals surface area contributed by atoms with Gasteiger partial charge >= 0.3 is 0 Å². The highest BCUT2D eigenvalue weighted by atomic mass is 16.5. The van der Waals surface area contributed by atoms with Crippen LogP contribution < -0.4 is 4.74 Å². The van der Waals surface area contributed by atoms with Crippen LogP contribution in [-0.2, 0) is 0 Å². The normalized spacial score (nSPS) is 13.6. The summed E-state index contributed by atoms with van der Waals surface area (Å²) in [4.78, 5) is 25.0. The smallest absolute Gasteiger partial charge is 0.282 e. The third-order valence-corrected chi connectivity index (χ3v) is 4.47. The number of carbonyl (C=O) groups excluding carboxylic acids is 2. The second kappa shape index (κ2) is 7.03. The van der Waals surface area contributed by atoms with E-state index >= 15 is 0 Å². The molecule has 0 saturated heterocycles. The molecule has 5 nitrogen and oxygen atoms in total. The Labute approximate surface area is 156 Å². The number of carbonyl (C=O) groups is 2. The number of hydrogen-bond acceptors (Lipinski definition) is 4. The van der Waals surface area contributed by atoms with Crippen molar-refractivity contribution in [2.75, 3.05) is 6.61 Å². The van der Waals surface area contributed by atoms with Gasteiger partial charge in [-0.2, -0.15) is 10.1 Å². The molecule has 0 N–H and O–H groups in total. The van der Waals surface area contributed by atoms with Gasteiger partial charge in [0.1, 0.15) is 5.75 Å². The average molecular weight is 358 g/mol. The number of ether oxygens (including phenoxy) is 1. The lowest BCUT2D eigenvalue weighted by molar-refractivity contribution is 0.0660. The van der Waals surface area contributed by atoms with Gasteiger partial charge in [0.2, 0.25) is 0 Å². The van der Waals surface area contributed by atoms with Gasteiger partial charge in [-0.1, -0.05) is 49.4 Å². The molecule has 3 aromatic rings. The van der Waals surface area contributed by atoms with E-state index in [9.17, 15) is 9.59 Å². The highest BCUT2D eigenvalue weighted by Crippen LogP contribution is 2.28. The van der Waals surface area contributed by atoms with Crippen LogP contribution in [0.3, 0.4) is 0 Å². The summed E-state index contributed by atoms with van der Waals surface area (Å²) in [7, 11) is 0. The molecule has 0 spiro atoms. The molecule has 1 aliphatic rings. The van der Waals surface area contributed by atoms with Crippen molar-refractivity contribution in [1.82, 2.24) is 5.01 Å². The molecule has 5 heteroatoms. The SMILES string of the molecule is CCCOc1ccc2ccccc2c1/C=N\N1C(=O)c2ccccc2C1=O. The quantitative estimate of drug-likeness (QED) is 0.506. The summed E-state index contributed by atoms with van der Waals surface area (Å²) in [5.74, 6) is -0.151. The molecule has 3 aromatic carbocycles. The van der Waals surface area contributed by atoms with E-state index in [1.54, 1.807) is 24.3 Å². The first-order valence-electron chi connectivity index (χ1n) is 8.87. The molecule has 0 fully saturated rings. The highest BCUT2D eigenvalue weighted by molar-refractivity contribution is 6.21. The fourth-order valence-electron chi connectivity index (χ4n) is 3.14. The Kier molecular flexibility index (Phi) is 4.42. The Morgan fingerprint density at radius 2 is 1.59 bits per heavy atom. The topological polar surface area (TPSA) is 59.0 Å². The van der Waals surface area contributed by atoms with Crippen LogP contribution in [0.4, 0.5) is 0 Å². The third kappa shape index (κ3) is 2.97. The zero-order valence-electron chi connectivity index (χ0n) is 14.9. The van der Waals surface area contributed by atoms with Gasteiger partial charge in [-0.15, -0.1) is 0 Å². The third-order valence-electron chi connectivity index (χ3n) is 4.47. The molecule has 134 valence electrons. The summed E-state index contributed by atoms with van der Waals surface area (Å²) >= 11 is 0. The molecular weight excluding hydrogens is 340 g/mol. The number of amides is 2. The van der Waals surface area contributed by atoms with Crippen LogP contribution in [0.2, 0.25) is 0 Å². The van der Waals surface area contributed by atoms with Gasteiger partial charge in [0, 0.05) is 5.56 Å². The second-order valence-corrected chi connectivity index (χ2v) is 6.26. The minimum atomic E-state index is -0.414.